The van der Waals surface area contributed by atoms with Gasteiger partial charge >= 0.3 is 12.4 Å². The molecule has 0 unspecified atom stereocenters. The molecule has 0 atom stereocenters. The van der Waals surface area contributed by atoms with Gasteiger partial charge in [-0.3, -0.25) is 5.32 Å². The lowest BCUT2D eigenvalue weighted by Crippen LogP contribution is -2.40. The molecule has 0 spiro atoms. The zero-order chi connectivity index (χ0) is 31.7. The van der Waals surface area contributed by atoms with Crippen LogP contribution in [-0.2, 0) is 6.42 Å². The molecule has 9 nitrogen and oxygen atoms in total. The Bertz CT molecular complexity index is 1560. The SMILES string of the molecule is CCN(C)SC(=Nc1ccccc1C(C)C)NC(=O)NCCc1ccc(-c2ncn(-c3ccc(OC(F)(F)F)cc3)n2)cc1. The van der Waals surface area contributed by atoms with Crippen molar-refractivity contribution in [3.8, 4) is 22.8 Å². The molecule has 0 aliphatic carbocycles. The lowest BCUT2D eigenvalue weighted by atomic mass is 10.0. The molecule has 0 aliphatic heterocycles. The topological polar surface area (TPSA) is 96.7 Å². The average Bonchev–Trinajstić information content (AvgIpc) is 3.47. The second-order valence-corrected chi connectivity index (χ2v) is 11.2. The van der Waals surface area contributed by atoms with Crippen molar-refractivity contribution in [1.29, 1.82) is 0 Å². The van der Waals surface area contributed by atoms with E-state index in [4.69, 9.17) is 4.99 Å². The third-order valence-electron chi connectivity index (χ3n) is 6.43. The molecule has 232 valence electrons. The zero-order valence-corrected chi connectivity index (χ0v) is 25.6. The Hall–Kier alpha value is -4.36. The summed E-state index contributed by atoms with van der Waals surface area (Å²) in [6, 6.07) is 20.5. The van der Waals surface area contributed by atoms with E-state index in [0.29, 0.717) is 35.6 Å². The summed E-state index contributed by atoms with van der Waals surface area (Å²) in [7, 11) is 1.94. The van der Waals surface area contributed by atoms with E-state index in [9.17, 15) is 18.0 Å². The predicted molar refractivity (Wildman–Crippen MR) is 167 cm³/mol. The fourth-order valence-corrected chi connectivity index (χ4v) is 4.77. The fraction of sp³-hybridized carbons (Fsp3) is 0.290. The number of para-hydroxylation sites is 1. The van der Waals surface area contributed by atoms with Crippen LogP contribution in [0, 0.1) is 0 Å². The van der Waals surface area contributed by atoms with Crippen molar-refractivity contribution in [2.24, 2.45) is 4.99 Å². The first-order valence-electron chi connectivity index (χ1n) is 14.0. The average molecular weight is 626 g/mol. The fourth-order valence-electron chi connectivity index (χ4n) is 4.07. The first-order valence-corrected chi connectivity index (χ1v) is 14.8. The minimum Gasteiger partial charge on any atom is -0.406 e. The van der Waals surface area contributed by atoms with Gasteiger partial charge in [0.05, 0.1) is 11.4 Å². The van der Waals surface area contributed by atoms with Gasteiger partial charge in [-0.15, -0.1) is 18.3 Å². The van der Waals surface area contributed by atoms with Gasteiger partial charge in [-0.25, -0.2) is 23.8 Å². The van der Waals surface area contributed by atoms with E-state index >= 15 is 0 Å². The highest BCUT2D eigenvalue weighted by atomic mass is 32.2. The van der Waals surface area contributed by atoms with Gasteiger partial charge in [-0.1, -0.05) is 63.2 Å². The van der Waals surface area contributed by atoms with Crippen molar-refractivity contribution in [1.82, 2.24) is 29.7 Å². The number of hydrogen-bond acceptors (Lipinski definition) is 7. The molecule has 4 rings (SSSR count). The minimum absolute atomic E-state index is 0.291. The molecule has 2 amide bonds. The molecule has 0 bridgehead atoms. The number of nitrogens with one attached hydrogen (secondary N) is 2. The molecular formula is C31H34F3N7O2S. The van der Waals surface area contributed by atoms with Crippen LogP contribution >= 0.6 is 11.9 Å². The molecule has 0 fully saturated rings. The van der Waals surface area contributed by atoms with Crippen molar-refractivity contribution in [2.75, 3.05) is 20.1 Å². The number of halogens is 3. The summed E-state index contributed by atoms with van der Waals surface area (Å²) in [6.07, 6.45) is -2.66. The summed E-state index contributed by atoms with van der Waals surface area (Å²) >= 11 is 1.37. The summed E-state index contributed by atoms with van der Waals surface area (Å²) in [5, 5.41) is 10.7. The monoisotopic (exact) mass is 625 g/mol. The number of nitrogens with zero attached hydrogens (tertiary/aromatic N) is 5. The molecule has 3 aromatic carbocycles. The van der Waals surface area contributed by atoms with Crippen molar-refractivity contribution in [3.05, 3.63) is 90.3 Å². The molecule has 1 aromatic heterocycles. The number of ether oxygens (including phenoxy) is 1. The van der Waals surface area contributed by atoms with Crippen LogP contribution in [-0.4, -0.2) is 56.8 Å². The number of rotatable bonds is 10. The Morgan fingerprint density at radius 1 is 1.07 bits per heavy atom. The molecule has 2 N–H and O–H groups in total. The summed E-state index contributed by atoms with van der Waals surface area (Å²) < 4.78 is 44.6. The number of hydrogen-bond donors (Lipinski definition) is 2. The maximum Gasteiger partial charge on any atom is 0.573 e. The smallest absolute Gasteiger partial charge is 0.406 e. The van der Waals surface area contributed by atoms with E-state index in [0.717, 1.165) is 28.9 Å². The van der Waals surface area contributed by atoms with Crippen molar-refractivity contribution < 1.29 is 22.7 Å². The quantitative estimate of drug-likeness (QED) is 0.111. The highest BCUT2D eigenvalue weighted by Crippen LogP contribution is 2.28. The van der Waals surface area contributed by atoms with Crippen LogP contribution in [0.25, 0.3) is 17.1 Å². The van der Waals surface area contributed by atoms with Crippen LogP contribution in [0.2, 0.25) is 0 Å². The Morgan fingerprint density at radius 2 is 1.77 bits per heavy atom. The van der Waals surface area contributed by atoms with E-state index in [1.807, 2.05) is 66.8 Å². The molecule has 1 heterocycles. The van der Waals surface area contributed by atoms with Crippen molar-refractivity contribution in [2.45, 2.75) is 39.5 Å². The number of benzene rings is 3. The predicted octanol–water partition coefficient (Wildman–Crippen LogP) is 7.09. The lowest BCUT2D eigenvalue weighted by molar-refractivity contribution is -0.274. The lowest BCUT2D eigenvalue weighted by Gasteiger charge is -2.17. The van der Waals surface area contributed by atoms with E-state index in [2.05, 4.69) is 39.3 Å². The largest absolute Gasteiger partial charge is 0.573 e. The standard InChI is InChI=1S/C31H34F3N7O2S/c1-5-40(4)44-30(37-27-9-7-6-8-26(27)21(2)3)38-29(42)35-19-18-22-10-12-23(13-11-22)28-36-20-41(39-28)24-14-16-25(17-15-24)43-31(32,33)34/h6-17,20-21H,5,18-19H2,1-4H3,(H2,35,37,38,42). The second kappa shape index (κ2) is 14.9. The maximum absolute atomic E-state index is 12.8. The molecule has 0 radical (unpaired) electrons. The van der Waals surface area contributed by atoms with E-state index < -0.39 is 6.36 Å². The number of aliphatic imine (C=N–C) groups is 1. The highest BCUT2D eigenvalue weighted by Gasteiger charge is 2.31. The number of amidine groups is 1. The van der Waals surface area contributed by atoms with Crippen LogP contribution < -0.4 is 15.4 Å². The van der Waals surface area contributed by atoms with Crippen LogP contribution in [0.4, 0.5) is 23.7 Å². The van der Waals surface area contributed by atoms with Crippen LogP contribution in [0.1, 0.15) is 37.8 Å². The number of aromatic nitrogens is 3. The molecular weight excluding hydrogens is 591 g/mol. The number of alkyl halides is 3. The highest BCUT2D eigenvalue weighted by molar-refractivity contribution is 8.11. The Kier molecular flexibility index (Phi) is 11.0. The Balaban J connectivity index is 1.32. The Morgan fingerprint density at radius 3 is 2.43 bits per heavy atom. The zero-order valence-electron chi connectivity index (χ0n) is 24.8. The van der Waals surface area contributed by atoms with Crippen LogP contribution in [0.3, 0.4) is 0 Å². The molecule has 0 aliphatic rings. The Labute approximate surface area is 258 Å². The first-order chi connectivity index (χ1) is 21.0. The van der Waals surface area contributed by atoms with Gasteiger partial charge < -0.3 is 10.1 Å². The van der Waals surface area contributed by atoms with Gasteiger partial charge in [0.2, 0.25) is 0 Å². The van der Waals surface area contributed by atoms with Gasteiger partial charge in [0.1, 0.15) is 12.1 Å². The number of carbonyl (C=O) groups is 1. The molecule has 13 heteroatoms. The molecule has 0 saturated carbocycles. The van der Waals surface area contributed by atoms with Gasteiger partial charge in [-0.05, 0) is 72.8 Å². The summed E-state index contributed by atoms with van der Waals surface area (Å²) in [5.74, 6) is 0.442. The molecule has 0 saturated heterocycles. The van der Waals surface area contributed by atoms with Gasteiger partial charge in [-0.2, -0.15) is 0 Å². The van der Waals surface area contributed by atoms with Gasteiger partial charge in [0.25, 0.3) is 0 Å². The maximum atomic E-state index is 12.8. The van der Waals surface area contributed by atoms with E-state index in [-0.39, 0.29) is 11.8 Å². The molecule has 4 aromatic rings. The van der Waals surface area contributed by atoms with E-state index in [1.165, 1.54) is 47.2 Å². The van der Waals surface area contributed by atoms with Crippen LogP contribution in [0.15, 0.2) is 84.1 Å². The summed E-state index contributed by atoms with van der Waals surface area (Å²) in [6.45, 7) is 7.43. The van der Waals surface area contributed by atoms with E-state index in [1.54, 1.807) is 0 Å². The second-order valence-electron chi connectivity index (χ2n) is 10.0. The minimum atomic E-state index is -4.75. The third-order valence-corrected chi connectivity index (χ3v) is 7.36. The number of carbonyl (C=O) groups excluding carboxylic acids is 1. The number of amides is 2. The summed E-state index contributed by atoms with van der Waals surface area (Å²) in [5.41, 5.74) is 4.24. The normalized spacial score (nSPS) is 12.1. The van der Waals surface area contributed by atoms with Crippen molar-refractivity contribution >= 4 is 28.8 Å². The summed E-state index contributed by atoms with van der Waals surface area (Å²) in [4.78, 5) is 21.8. The van der Waals surface area contributed by atoms with Crippen LogP contribution in [0.5, 0.6) is 5.75 Å². The van der Waals surface area contributed by atoms with Gasteiger partial charge in [0, 0.05) is 18.7 Å². The van der Waals surface area contributed by atoms with Gasteiger partial charge in [0.15, 0.2) is 11.0 Å². The van der Waals surface area contributed by atoms with Crippen molar-refractivity contribution in [3.63, 3.8) is 0 Å². The molecule has 44 heavy (non-hydrogen) atoms. The number of urea groups is 1. The first kappa shape index (κ1) is 32.6. The third kappa shape index (κ3) is 9.58.